The lowest BCUT2D eigenvalue weighted by Gasteiger charge is -2.17. The first-order chi connectivity index (χ1) is 6.56. The molecule has 5 heteroatoms. The second kappa shape index (κ2) is 3.87. The summed E-state index contributed by atoms with van der Waals surface area (Å²) in [7, 11) is 3.07. The summed E-state index contributed by atoms with van der Waals surface area (Å²) in [5.41, 5.74) is 11.8. The molecule has 0 aliphatic carbocycles. The first-order valence-corrected chi connectivity index (χ1v) is 4.03. The summed E-state index contributed by atoms with van der Waals surface area (Å²) >= 11 is 0. The van der Waals surface area contributed by atoms with Gasteiger partial charge in [0, 0.05) is 12.7 Å². The Kier molecular flexibility index (Phi) is 2.81. The highest BCUT2D eigenvalue weighted by atomic mass is 16.5. The van der Waals surface area contributed by atoms with E-state index in [1.54, 1.807) is 25.2 Å². The molecule has 0 spiro atoms. The van der Waals surface area contributed by atoms with E-state index in [0.29, 0.717) is 17.1 Å². The zero-order chi connectivity index (χ0) is 10.7. The Morgan fingerprint density at radius 1 is 1.50 bits per heavy atom. The van der Waals surface area contributed by atoms with Crippen LogP contribution in [0.15, 0.2) is 18.2 Å². The number of nitrogens with zero attached hydrogens (tertiary/aromatic N) is 1. The monoisotopic (exact) mass is 195 g/mol. The van der Waals surface area contributed by atoms with Crippen LogP contribution in [-0.4, -0.2) is 20.2 Å². The molecule has 0 radical (unpaired) electrons. The third kappa shape index (κ3) is 1.87. The van der Waals surface area contributed by atoms with Gasteiger partial charge < -0.3 is 16.2 Å². The van der Waals surface area contributed by atoms with E-state index in [-0.39, 0.29) is 0 Å². The minimum atomic E-state index is -0.561. The fourth-order valence-corrected chi connectivity index (χ4v) is 1.09. The molecule has 0 saturated carbocycles. The van der Waals surface area contributed by atoms with Crippen LogP contribution >= 0.6 is 0 Å². The molecule has 4 N–H and O–H groups in total. The number of rotatable bonds is 2. The van der Waals surface area contributed by atoms with Gasteiger partial charge in [0.25, 0.3) is 0 Å². The second-order valence-corrected chi connectivity index (χ2v) is 2.83. The van der Waals surface area contributed by atoms with E-state index >= 15 is 0 Å². The number of amides is 2. The van der Waals surface area contributed by atoms with E-state index in [1.807, 2.05) is 0 Å². The first kappa shape index (κ1) is 10.2. The summed E-state index contributed by atoms with van der Waals surface area (Å²) in [6.45, 7) is 0. The standard InChI is InChI=1S/C9H13N3O2/c1-12(9(11)13)7-5-6(10)3-4-8(7)14-2/h3-5H,10H2,1-2H3,(H2,11,13). The molecule has 0 fully saturated rings. The third-order valence-corrected chi connectivity index (χ3v) is 1.89. The number of hydrogen-bond acceptors (Lipinski definition) is 3. The quantitative estimate of drug-likeness (QED) is 0.684. The minimum absolute atomic E-state index is 0.550. The normalized spacial score (nSPS) is 9.57. The van der Waals surface area contributed by atoms with Gasteiger partial charge in [0.05, 0.1) is 12.8 Å². The molecule has 2 amide bonds. The Hall–Kier alpha value is -1.91. The molecule has 0 aliphatic heterocycles. The largest absolute Gasteiger partial charge is 0.495 e. The number of carbonyl (C=O) groups excluding carboxylic acids is 1. The Bertz CT molecular complexity index is 352. The highest BCUT2D eigenvalue weighted by molar-refractivity contribution is 5.92. The molecule has 0 saturated heterocycles. The van der Waals surface area contributed by atoms with Crippen LogP contribution in [0.25, 0.3) is 0 Å². The van der Waals surface area contributed by atoms with Crippen LogP contribution < -0.4 is 21.1 Å². The number of nitrogen functional groups attached to an aromatic ring is 1. The van der Waals surface area contributed by atoms with Crippen LogP contribution in [0.3, 0.4) is 0 Å². The highest BCUT2D eigenvalue weighted by Crippen LogP contribution is 2.29. The first-order valence-electron chi connectivity index (χ1n) is 4.03. The molecular weight excluding hydrogens is 182 g/mol. The topological polar surface area (TPSA) is 81.6 Å². The number of benzene rings is 1. The maximum Gasteiger partial charge on any atom is 0.319 e. The van der Waals surface area contributed by atoms with E-state index in [9.17, 15) is 4.79 Å². The SMILES string of the molecule is COc1ccc(N)cc1N(C)C(N)=O. The van der Waals surface area contributed by atoms with E-state index in [1.165, 1.54) is 12.0 Å². The summed E-state index contributed by atoms with van der Waals surface area (Å²) in [6, 6.07) is 4.44. The molecule has 0 heterocycles. The number of primary amides is 1. The molecule has 0 bridgehead atoms. The molecule has 0 unspecified atom stereocenters. The van der Waals surface area contributed by atoms with Gasteiger partial charge in [-0.2, -0.15) is 0 Å². The molecule has 0 atom stereocenters. The zero-order valence-electron chi connectivity index (χ0n) is 8.15. The maximum atomic E-state index is 10.9. The predicted molar refractivity (Wildman–Crippen MR) is 55.4 cm³/mol. The van der Waals surface area contributed by atoms with Crippen molar-refractivity contribution in [1.29, 1.82) is 0 Å². The van der Waals surface area contributed by atoms with Crippen molar-refractivity contribution >= 4 is 17.4 Å². The lowest BCUT2D eigenvalue weighted by Crippen LogP contribution is -2.32. The van der Waals surface area contributed by atoms with Gasteiger partial charge in [-0.05, 0) is 18.2 Å². The van der Waals surface area contributed by atoms with Crippen LogP contribution in [0.1, 0.15) is 0 Å². The highest BCUT2D eigenvalue weighted by Gasteiger charge is 2.12. The average molecular weight is 195 g/mol. The Balaban J connectivity index is 3.16. The van der Waals surface area contributed by atoms with Crippen LogP contribution in [0.5, 0.6) is 5.75 Å². The molecular formula is C9H13N3O2. The van der Waals surface area contributed by atoms with Gasteiger partial charge in [0.2, 0.25) is 0 Å². The van der Waals surface area contributed by atoms with Crippen LogP contribution in [0, 0.1) is 0 Å². The van der Waals surface area contributed by atoms with Crippen LogP contribution in [0.4, 0.5) is 16.2 Å². The molecule has 14 heavy (non-hydrogen) atoms. The van der Waals surface area contributed by atoms with Crippen LogP contribution in [0.2, 0.25) is 0 Å². The van der Waals surface area contributed by atoms with E-state index in [0.717, 1.165) is 0 Å². The number of anilines is 2. The van der Waals surface area contributed by atoms with Gasteiger partial charge >= 0.3 is 6.03 Å². The Morgan fingerprint density at radius 3 is 2.64 bits per heavy atom. The van der Waals surface area contributed by atoms with Gasteiger partial charge in [0.1, 0.15) is 5.75 Å². The Labute approximate surface area is 82.2 Å². The average Bonchev–Trinajstić information content (AvgIpc) is 2.16. The van der Waals surface area contributed by atoms with Gasteiger partial charge in [-0.25, -0.2) is 4.79 Å². The van der Waals surface area contributed by atoms with Crippen molar-refractivity contribution in [3.8, 4) is 5.75 Å². The third-order valence-electron chi connectivity index (χ3n) is 1.89. The van der Waals surface area contributed by atoms with Gasteiger partial charge in [-0.3, -0.25) is 4.90 Å². The number of nitrogens with two attached hydrogens (primary N) is 2. The summed E-state index contributed by atoms with van der Waals surface area (Å²) in [4.78, 5) is 12.2. The van der Waals surface area contributed by atoms with Crippen LogP contribution in [-0.2, 0) is 0 Å². The summed E-state index contributed by atoms with van der Waals surface area (Å²) in [6.07, 6.45) is 0. The fraction of sp³-hybridized carbons (Fsp3) is 0.222. The smallest absolute Gasteiger partial charge is 0.319 e. The van der Waals surface area contributed by atoms with Crippen molar-refractivity contribution in [2.24, 2.45) is 5.73 Å². The molecule has 1 rings (SSSR count). The maximum absolute atomic E-state index is 10.9. The lowest BCUT2D eigenvalue weighted by molar-refractivity contribution is 0.255. The molecule has 0 aromatic heterocycles. The van der Waals surface area contributed by atoms with Crippen molar-refractivity contribution in [2.45, 2.75) is 0 Å². The molecule has 5 nitrogen and oxygen atoms in total. The van der Waals surface area contributed by atoms with Crippen molar-refractivity contribution in [3.63, 3.8) is 0 Å². The van der Waals surface area contributed by atoms with E-state index in [2.05, 4.69) is 0 Å². The summed E-state index contributed by atoms with van der Waals surface area (Å²) in [5, 5.41) is 0. The number of urea groups is 1. The summed E-state index contributed by atoms with van der Waals surface area (Å²) < 4.78 is 5.07. The molecule has 1 aromatic carbocycles. The predicted octanol–water partition coefficient (Wildman–Crippen LogP) is 0.792. The summed E-state index contributed by atoms with van der Waals surface area (Å²) in [5.74, 6) is 0.556. The molecule has 0 aliphatic rings. The Morgan fingerprint density at radius 2 is 2.14 bits per heavy atom. The van der Waals surface area contributed by atoms with Crippen molar-refractivity contribution in [2.75, 3.05) is 24.8 Å². The number of methoxy groups -OCH3 is 1. The fourth-order valence-electron chi connectivity index (χ4n) is 1.09. The van der Waals surface area contributed by atoms with Crippen molar-refractivity contribution in [3.05, 3.63) is 18.2 Å². The van der Waals surface area contributed by atoms with Crippen molar-refractivity contribution in [1.82, 2.24) is 0 Å². The lowest BCUT2D eigenvalue weighted by atomic mass is 10.2. The second-order valence-electron chi connectivity index (χ2n) is 2.83. The number of carbonyl (C=O) groups is 1. The van der Waals surface area contributed by atoms with E-state index < -0.39 is 6.03 Å². The van der Waals surface area contributed by atoms with Gasteiger partial charge in [-0.15, -0.1) is 0 Å². The number of hydrogen-bond donors (Lipinski definition) is 2. The van der Waals surface area contributed by atoms with Gasteiger partial charge in [0.15, 0.2) is 0 Å². The zero-order valence-corrected chi connectivity index (χ0v) is 8.15. The van der Waals surface area contributed by atoms with Gasteiger partial charge in [-0.1, -0.05) is 0 Å². The minimum Gasteiger partial charge on any atom is -0.495 e. The van der Waals surface area contributed by atoms with E-state index in [4.69, 9.17) is 16.2 Å². The molecule has 1 aromatic rings. The van der Waals surface area contributed by atoms with Crippen molar-refractivity contribution < 1.29 is 9.53 Å². The molecule has 76 valence electrons. The number of ether oxygens (including phenoxy) is 1.